The molecule has 0 saturated carbocycles. The molecule has 1 aromatic heterocycles. The van der Waals surface area contributed by atoms with Gasteiger partial charge in [0.05, 0.1) is 0 Å². The molecule has 0 saturated heterocycles. The molecule has 2 nitrogen and oxygen atoms in total. The summed E-state index contributed by atoms with van der Waals surface area (Å²) in [5, 5.41) is 5.49. The van der Waals surface area contributed by atoms with E-state index in [0.717, 1.165) is 18.1 Å². The number of hydrogen-bond donors (Lipinski definition) is 2. The monoisotopic (exact) mass is 220 g/mol. The van der Waals surface area contributed by atoms with Crippen molar-refractivity contribution >= 4 is 22.5 Å². The Labute approximate surface area is 93.6 Å². The molecule has 2 N–H and O–H groups in total. The first-order chi connectivity index (χ1) is 7.25. The van der Waals surface area contributed by atoms with Gasteiger partial charge in [-0.15, -0.1) is 0 Å². The average molecular weight is 221 g/mol. The molecule has 0 bridgehead atoms. The number of rotatable bonds is 0. The Bertz CT molecular complexity index is 516. The van der Waals surface area contributed by atoms with Crippen molar-refractivity contribution in [3.8, 4) is 0 Å². The molecule has 0 radical (unpaired) electrons. The molecular formula is C12H13ClN2. The molecule has 1 unspecified atom stereocenters. The maximum Gasteiger partial charge on any atom is 0.0460 e. The number of hydrogen-bond acceptors (Lipinski definition) is 1. The summed E-state index contributed by atoms with van der Waals surface area (Å²) in [6.07, 6.45) is 0. The minimum Gasteiger partial charge on any atom is -0.358 e. The molecule has 0 fully saturated rings. The van der Waals surface area contributed by atoms with E-state index in [9.17, 15) is 0 Å². The smallest absolute Gasteiger partial charge is 0.0460 e. The molecule has 1 aromatic carbocycles. The molecule has 3 heteroatoms. The van der Waals surface area contributed by atoms with Crippen LogP contribution in [0.5, 0.6) is 0 Å². The average Bonchev–Trinajstić information content (AvgIpc) is 2.58. The van der Waals surface area contributed by atoms with Crippen molar-refractivity contribution in [3.05, 3.63) is 34.5 Å². The largest absolute Gasteiger partial charge is 0.358 e. The highest BCUT2D eigenvalue weighted by molar-refractivity contribution is 6.31. The summed E-state index contributed by atoms with van der Waals surface area (Å²) >= 11 is 6.02. The van der Waals surface area contributed by atoms with Gasteiger partial charge >= 0.3 is 0 Å². The molecule has 0 aliphatic carbocycles. The SMILES string of the molecule is CC1CNCc2c1[nH]c1ccc(Cl)cc21. The third-order valence-corrected chi connectivity index (χ3v) is 3.38. The van der Waals surface area contributed by atoms with Gasteiger partial charge in [-0.3, -0.25) is 0 Å². The van der Waals surface area contributed by atoms with Crippen molar-refractivity contribution in [1.29, 1.82) is 0 Å². The van der Waals surface area contributed by atoms with E-state index in [1.807, 2.05) is 12.1 Å². The maximum absolute atomic E-state index is 6.02. The number of halogens is 1. The highest BCUT2D eigenvalue weighted by Crippen LogP contribution is 2.31. The first kappa shape index (κ1) is 9.25. The first-order valence-corrected chi connectivity index (χ1v) is 5.64. The third-order valence-electron chi connectivity index (χ3n) is 3.15. The highest BCUT2D eigenvalue weighted by atomic mass is 35.5. The summed E-state index contributed by atoms with van der Waals surface area (Å²) < 4.78 is 0. The standard InChI is InChI=1S/C12H13ClN2/c1-7-5-14-6-10-9-4-8(13)2-3-11(9)15-12(7)10/h2-4,7,14-15H,5-6H2,1H3. The van der Waals surface area contributed by atoms with E-state index < -0.39 is 0 Å². The topological polar surface area (TPSA) is 27.8 Å². The van der Waals surface area contributed by atoms with Crippen LogP contribution in [0.4, 0.5) is 0 Å². The molecule has 2 aromatic rings. The van der Waals surface area contributed by atoms with E-state index in [-0.39, 0.29) is 0 Å². The fraction of sp³-hybridized carbons (Fsp3) is 0.333. The van der Waals surface area contributed by atoms with Crippen LogP contribution in [0.25, 0.3) is 10.9 Å². The normalized spacial score (nSPS) is 20.5. The molecule has 15 heavy (non-hydrogen) atoms. The van der Waals surface area contributed by atoms with Crippen LogP contribution in [0, 0.1) is 0 Å². The second kappa shape index (κ2) is 3.26. The van der Waals surface area contributed by atoms with Crippen molar-refractivity contribution in [3.63, 3.8) is 0 Å². The van der Waals surface area contributed by atoms with E-state index in [1.165, 1.54) is 22.2 Å². The predicted molar refractivity (Wildman–Crippen MR) is 63.4 cm³/mol. The number of aromatic nitrogens is 1. The van der Waals surface area contributed by atoms with Gasteiger partial charge in [-0.1, -0.05) is 18.5 Å². The quantitative estimate of drug-likeness (QED) is 0.702. The van der Waals surface area contributed by atoms with Crippen LogP contribution in [-0.4, -0.2) is 11.5 Å². The zero-order chi connectivity index (χ0) is 10.4. The van der Waals surface area contributed by atoms with Crippen LogP contribution in [-0.2, 0) is 6.54 Å². The van der Waals surface area contributed by atoms with Crippen LogP contribution < -0.4 is 5.32 Å². The van der Waals surface area contributed by atoms with Gasteiger partial charge in [0.25, 0.3) is 0 Å². The summed E-state index contributed by atoms with van der Waals surface area (Å²) in [6, 6.07) is 6.04. The van der Waals surface area contributed by atoms with Gasteiger partial charge in [0, 0.05) is 40.6 Å². The molecule has 1 aliphatic rings. The maximum atomic E-state index is 6.02. The van der Waals surface area contributed by atoms with Crippen LogP contribution in [0.3, 0.4) is 0 Å². The van der Waals surface area contributed by atoms with Crippen molar-refractivity contribution < 1.29 is 0 Å². The van der Waals surface area contributed by atoms with Crippen molar-refractivity contribution in [2.24, 2.45) is 0 Å². The highest BCUT2D eigenvalue weighted by Gasteiger charge is 2.20. The molecular weight excluding hydrogens is 208 g/mol. The Morgan fingerprint density at radius 3 is 3.13 bits per heavy atom. The molecule has 3 rings (SSSR count). The van der Waals surface area contributed by atoms with E-state index >= 15 is 0 Å². The Balaban J connectivity index is 2.31. The van der Waals surface area contributed by atoms with Gasteiger partial charge in [-0.05, 0) is 23.8 Å². The number of aromatic amines is 1. The van der Waals surface area contributed by atoms with Gasteiger partial charge in [0.15, 0.2) is 0 Å². The Morgan fingerprint density at radius 2 is 2.27 bits per heavy atom. The summed E-state index contributed by atoms with van der Waals surface area (Å²) in [7, 11) is 0. The Morgan fingerprint density at radius 1 is 1.40 bits per heavy atom. The lowest BCUT2D eigenvalue weighted by Gasteiger charge is -2.19. The number of fused-ring (bicyclic) bond motifs is 3. The molecule has 2 heterocycles. The lowest BCUT2D eigenvalue weighted by atomic mass is 9.98. The second-order valence-electron chi connectivity index (χ2n) is 4.24. The fourth-order valence-corrected chi connectivity index (χ4v) is 2.54. The third kappa shape index (κ3) is 1.36. The number of H-pyrrole nitrogens is 1. The number of benzene rings is 1. The zero-order valence-corrected chi connectivity index (χ0v) is 9.36. The van der Waals surface area contributed by atoms with Crippen LogP contribution in [0.1, 0.15) is 24.1 Å². The van der Waals surface area contributed by atoms with E-state index in [1.54, 1.807) is 0 Å². The molecule has 78 valence electrons. The zero-order valence-electron chi connectivity index (χ0n) is 8.60. The summed E-state index contributed by atoms with van der Waals surface area (Å²) in [6.45, 7) is 4.23. The van der Waals surface area contributed by atoms with Crippen molar-refractivity contribution in [1.82, 2.24) is 10.3 Å². The Hall–Kier alpha value is -0.990. The van der Waals surface area contributed by atoms with E-state index in [0.29, 0.717) is 5.92 Å². The van der Waals surface area contributed by atoms with Gasteiger partial charge < -0.3 is 10.3 Å². The molecule has 0 amide bonds. The van der Waals surface area contributed by atoms with Crippen LogP contribution in [0.2, 0.25) is 5.02 Å². The number of nitrogens with one attached hydrogen (secondary N) is 2. The first-order valence-electron chi connectivity index (χ1n) is 5.26. The van der Waals surface area contributed by atoms with Crippen LogP contribution in [0.15, 0.2) is 18.2 Å². The minimum absolute atomic E-state index is 0.555. The van der Waals surface area contributed by atoms with Gasteiger partial charge in [0.2, 0.25) is 0 Å². The van der Waals surface area contributed by atoms with Gasteiger partial charge in [-0.25, -0.2) is 0 Å². The molecule has 1 aliphatic heterocycles. The van der Waals surface area contributed by atoms with E-state index in [2.05, 4.69) is 23.3 Å². The van der Waals surface area contributed by atoms with Crippen molar-refractivity contribution in [2.45, 2.75) is 19.4 Å². The minimum atomic E-state index is 0.555. The van der Waals surface area contributed by atoms with E-state index in [4.69, 9.17) is 11.6 Å². The summed E-state index contributed by atoms with van der Waals surface area (Å²) in [5.74, 6) is 0.555. The van der Waals surface area contributed by atoms with Gasteiger partial charge in [-0.2, -0.15) is 0 Å². The lowest BCUT2D eigenvalue weighted by molar-refractivity contribution is 0.565. The Kier molecular flexibility index (Phi) is 2.01. The lowest BCUT2D eigenvalue weighted by Crippen LogP contribution is -2.26. The predicted octanol–water partition coefficient (Wildman–Crippen LogP) is 3.03. The van der Waals surface area contributed by atoms with Crippen molar-refractivity contribution in [2.75, 3.05) is 6.54 Å². The molecule has 1 atom stereocenters. The second-order valence-corrected chi connectivity index (χ2v) is 4.68. The molecule has 0 spiro atoms. The van der Waals surface area contributed by atoms with Crippen LogP contribution >= 0.6 is 11.6 Å². The fourth-order valence-electron chi connectivity index (χ4n) is 2.37. The van der Waals surface area contributed by atoms with Gasteiger partial charge in [0.1, 0.15) is 0 Å². The summed E-state index contributed by atoms with van der Waals surface area (Å²) in [4.78, 5) is 3.49. The summed E-state index contributed by atoms with van der Waals surface area (Å²) in [5.41, 5.74) is 3.94.